The number of ether oxygens (including phenoxy) is 1. The highest BCUT2D eigenvalue weighted by molar-refractivity contribution is 5.83. The number of nitrogens with one attached hydrogen (secondary N) is 1. The Kier molecular flexibility index (Phi) is 6.31. The smallest absolute Gasteiger partial charge is 0.378 e. The molecule has 156 valence electrons. The molecule has 2 aliphatic rings. The lowest BCUT2D eigenvalue weighted by molar-refractivity contribution is -0.255. The maximum atomic E-state index is 11.9. The van der Waals surface area contributed by atoms with E-state index in [2.05, 4.69) is 15.0 Å². The van der Waals surface area contributed by atoms with Gasteiger partial charge in [-0.3, -0.25) is 9.97 Å². The van der Waals surface area contributed by atoms with Gasteiger partial charge in [-0.2, -0.15) is 13.2 Å². The van der Waals surface area contributed by atoms with Crippen LogP contribution in [0.2, 0.25) is 0 Å². The average molecular weight is 408 g/mol. The molecular formula is C19H19F3N4O3-2. The highest BCUT2D eigenvalue weighted by atomic mass is 19.4. The Morgan fingerprint density at radius 3 is 2.48 bits per heavy atom. The maximum Gasteiger partial charge on any atom is 0.378 e. The van der Waals surface area contributed by atoms with Crippen molar-refractivity contribution < 1.29 is 27.8 Å². The van der Waals surface area contributed by atoms with Gasteiger partial charge in [0.15, 0.2) is 0 Å². The Morgan fingerprint density at radius 2 is 1.97 bits per heavy atom. The second-order valence-corrected chi connectivity index (χ2v) is 6.99. The number of pyridine rings is 1. The average Bonchev–Trinajstić information content (AvgIpc) is 3.60. The van der Waals surface area contributed by atoms with E-state index in [1.165, 1.54) is 43.4 Å². The van der Waals surface area contributed by atoms with Gasteiger partial charge in [0, 0.05) is 23.9 Å². The molecule has 0 unspecified atom stereocenters. The zero-order valence-electron chi connectivity index (χ0n) is 15.4. The summed E-state index contributed by atoms with van der Waals surface area (Å²) in [5.74, 6) is 0.0835. The third kappa shape index (κ3) is 6.11. The number of aromatic carboxylic acids is 1. The summed E-state index contributed by atoms with van der Waals surface area (Å²) in [6.45, 7) is 0.616. The van der Waals surface area contributed by atoms with E-state index in [1.807, 2.05) is 0 Å². The van der Waals surface area contributed by atoms with Crippen LogP contribution in [0.25, 0.3) is 5.73 Å². The molecule has 0 bridgehead atoms. The summed E-state index contributed by atoms with van der Waals surface area (Å²) in [7, 11) is 0. The van der Waals surface area contributed by atoms with Gasteiger partial charge in [0.05, 0.1) is 18.8 Å². The molecule has 2 aromatic rings. The van der Waals surface area contributed by atoms with Crippen LogP contribution in [0.5, 0.6) is 5.88 Å². The summed E-state index contributed by atoms with van der Waals surface area (Å²) >= 11 is 0. The Bertz CT molecular complexity index is 840. The Morgan fingerprint density at radius 1 is 1.24 bits per heavy atom. The number of hydrogen-bond donors (Lipinski definition) is 0. The minimum atomic E-state index is -4.53. The van der Waals surface area contributed by atoms with Crippen LogP contribution in [0.15, 0.2) is 30.6 Å². The highest BCUT2D eigenvalue weighted by Gasteiger charge is 2.32. The third-order valence-corrected chi connectivity index (χ3v) is 4.40. The number of carboxylic acids is 1. The number of halogens is 3. The van der Waals surface area contributed by atoms with Crippen LogP contribution in [0.4, 0.5) is 13.2 Å². The molecule has 1 N–H and O–H groups in total. The van der Waals surface area contributed by atoms with Gasteiger partial charge in [-0.1, -0.05) is 6.07 Å². The first-order valence-electron chi connectivity index (χ1n) is 9.15. The minimum absolute atomic E-state index is 0.153. The first-order valence-corrected chi connectivity index (χ1v) is 9.15. The van der Waals surface area contributed by atoms with Gasteiger partial charge in [0.1, 0.15) is 11.4 Å². The van der Waals surface area contributed by atoms with E-state index in [0.29, 0.717) is 24.3 Å². The molecule has 0 spiro atoms. The second-order valence-electron chi connectivity index (χ2n) is 6.99. The number of aromatic nitrogens is 3. The van der Waals surface area contributed by atoms with Gasteiger partial charge in [0.2, 0.25) is 5.88 Å². The second kappa shape index (κ2) is 8.73. The molecule has 2 fully saturated rings. The van der Waals surface area contributed by atoms with E-state index in [1.54, 1.807) is 0 Å². The minimum Gasteiger partial charge on any atom is -0.662 e. The number of alkyl halides is 3. The molecule has 10 heteroatoms. The van der Waals surface area contributed by atoms with Gasteiger partial charge in [-0.05, 0) is 43.7 Å². The summed E-state index contributed by atoms with van der Waals surface area (Å²) in [5, 5.41) is 10.7. The number of hydrogen-bond acceptors (Lipinski definition) is 6. The molecule has 0 saturated heterocycles. The van der Waals surface area contributed by atoms with Crippen LogP contribution in [-0.2, 0) is 0 Å². The molecule has 0 radical (unpaired) electrons. The molecule has 0 aromatic carbocycles. The number of carbonyl (C=O) groups excluding carboxylic acids is 1. The predicted octanol–water partition coefficient (Wildman–Crippen LogP) is 3.24. The van der Waals surface area contributed by atoms with E-state index in [-0.39, 0.29) is 11.4 Å². The zero-order chi connectivity index (χ0) is 21.0. The number of nitrogens with zero attached hydrogens (tertiary/aromatic N) is 3. The molecule has 1 atom stereocenters. The lowest BCUT2D eigenvalue weighted by Gasteiger charge is -2.22. The normalized spacial score (nSPS) is 17.1. The van der Waals surface area contributed by atoms with E-state index < -0.39 is 18.2 Å². The summed E-state index contributed by atoms with van der Waals surface area (Å²) < 4.78 is 41.3. The SMILES string of the molecule is O=C([O-])c1cnc(C2CC2)c(OCC2CC2)n1.[NH-][C@@H](c1ccccn1)C(F)(F)F. The standard InChI is InChI=1S/C12H14N2O3.C7H6F3N2/c15-12(16)9-5-13-10(8-3-4-8)11(14-9)17-6-7-1-2-7;8-7(9,10)6(11)5-3-1-2-4-12-5/h5,7-8H,1-4,6H2,(H,15,16);1-4,6,11H/q;-1/p-1/t;6-/m.0/s1. The van der Waals surface area contributed by atoms with Crippen LogP contribution in [-0.4, -0.2) is 33.7 Å². The van der Waals surface area contributed by atoms with E-state index in [0.717, 1.165) is 18.5 Å². The van der Waals surface area contributed by atoms with Gasteiger partial charge >= 0.3 is 6.18 Å². The molecular weight excluding hydrogens is 389 g/mol. The van der Waals surface area contributed by atoms with Crippen molar-refractivity contribution in [3.8, 4) is 5.88 Å². The summed E-state index contributed by atoms with van der Waals surface area (Å²) in [6, 6.07) is 1.88. The maximum absolute atomic E-state index is 11.9. The molecule has 7 nitrogen and oxygen atoms in total. The van der Waals surface area contributed by atoms with Gasteiger partial charge in [-0.25, -0.2) is 4.98 Å². The first kappa shape index (κ1) is 21.0. The topological polar surface area (TPSA) is 112 Å². The van der Waals surface area contributed by atoms with Gasteiger partial charge in [-0.15, -0.1) is 0 Å². The molecule has 2 aliphatic carbocycles. The zero-order valence-corrected chi connectivity index (χ0v) is 15.4. The molecule has 2 heterocycles. The lowest BCUT2D eigenvalue weighted by Crippen LogP contribution is -2.24. The summed E-state index contributed by atoms with van der Waals surface area (Å²) in [6.07, 6.45) is 2.50. The van der Waals surface area contributed by atoms with Gasteiger partial charge < -0.3 is 20.4 Å². The third-order valence-electron chi connectivity index (χ3n) is 4.40. The number of carboxylic acid groups (broad SMARTS) is 1. The van der Waals surface area contributed by atoms with Crippen molar-refractivity contribution in [1.29, 1.82) is 0 Å². The van der Waals surface area contributed by atoms with Crippen LogP contribution in [0, 0.1) is 5.92 Å². The molecule has 29 heavy (non-hydrogen) atoms. The molecule has 0 aliphatic heterocycles. The van der Waals surface area contributed by atoms with E-state index in [4.69, 9.17) is 10.5 Å². The molecule has 4 rings (SSSR count). The van der Waals surface area contributed by atoms with Crippen LogP contribution < -0.4 is 9.84 Å². The van der Waals surface area contributed by atoms with Crippen molar-refractivity contribution in [1.82, 2.24) is 15.0 Å². The number of carbonyl (C=O) groups is 1. The lowest BCUT2D eigenvalue weighted by atomic mass is 10.2. The van der Waals surface area contributed by atoms with E-state index in [9.17, 15) is 23.1 Å². The molecule has 2 aromatic heterocycles. The first-order chi connectivity index (χ1) is 13.8. The van der Waals surface area contributed by atoms with Crippen molar-refractivity contribution in [3.05, 3.63) is 53.4 Å². The van der Waals surface area contributed by atoms with Crippen molar-refractivity contribution in [2.24, 2.45) is 5.92 Å². The van der Waals surface area contributed by atoms with Gasteiger partial charge in [0.25, 0.3) is 0 Å². The molecule has 0 amide bonds. The Balaban J connectivity index is 0.000000177. The quantitative estimate of drug-likeness (QED) is 0.725. The predicted molar refractivity (Wildman–Crippen MR) is 93.9 cm³/mol. The Hall–Kier alpha value is -2.75. The number of rotatable bonds is 6. The fourth-order valence-corrected chi connectivity index (χ4v) is 2.42. The van der Waals surface area contributed by atoms with Crippen molar-refractivity contribution in [2.45, 2.75) is 43.8 Å². The van der Waals surface area contributed by atoms with Crippen molar-refractivity contribution in [3.63, 3.8) is 0 Å². The van der Waals surface area contributed by atoms with Crippen LogP contribution in [0.1, 0.15) is 59.5 Å². The fourth-order valence-electron chi connectivity index (χ4n) is 2.42. The van der Waals surface area contributed by atoms with E-state index >= 15 is 0 Å². The van der Waals surface area contributed by atoms with Crippen LogP contribution >= 0.6 is 0 Å². The molecule has 2 saturated carbocycles. The monoisotopic (exact) mass is 408 g/mol. The highest BCUT2D eigenvalue weighted by Crippen LogP contribution is 2.42. The van der Waals surface area contributed by atoms with Crippen molar-refractivity contribution >= 4 is 5.97 Å². The van der Waals surface area contributed by atoms with Crippen LogP contribution in [0.3, 0.4) is 0 Å². The fraction of sp³-hybridized carbons (Fsp3) is 0.474. The largest absolute Gasteiger partial charge is 0.662 e. The van der Waals surface area contributed by atoms with Crippen molar-refractivity contribution in [2.75, 3.05) is 6.61 Å². The summed E-state index contributed by atoms with van der Waals surface area (Å²) in [5.41, 5.74) is 7.15. The Labute approximate surface area is 165 Å². The summed E-state index contributed by atoms with van der Waals surface area (Å²) in [4.78, 5) is 22.3.